The number of halogens is 2. The van der Waals surface area contributed by atoms with Crippen LogP contribution in [0.2, 0.25) is 5.02 Å². The third-order valence-electron chi connectivity index (χ3n) is 1.96. The molecule has 17 heavy (non-hydrogen) atoms. The smallest absolute Gasteiger partial charge is 0.258 e. The van der Waals surface area contributed by atoms with Gasteiger partial charge in [-0.15, -0.1) is 0 Å². The van der Waals surface area contributed by atoms with E-state index in [1.54, 1.807) is 30.6 Å². The van der Waals surface area contributed by atoms with E-state index in [-0.39, 0.29) is 5.91 Å². The van der Waals surface area contributed by atoms with Crippen LogP contribution in [0.1, 0.15) is 10.4 Å². The predicted molar refractivity (Wildman–Crippen MR) is 69.1 cm³/mol. The Kier molecular flexibility index (Phi) is 3.71. The molecule has 86 valence electrons. The molecule has 0 aromatic carbocycles. The van der Waals surface area contributed by atoms with Gasteiger partial charge in [0, 0.05) is 23.1 Å². The van der Waals surface area contributed by atoms with Crippen molar-refractivity contribution < 1.29 is 4.79 Å². The molecule has 0 aliphatic rings. The topological polar surface area (TPSA) is 54.9 Å². The molecule has 1 N–H and O–H groups in total. The lowest BCUT2D eigenvalue weighted by atomic mass is 10.2. The highest BCUT2D eigenvalue weighted by Crippen LogP contribution is 2.18. The lowest BCUT2D eigenvalue weighted by Gasteiger charge is -2.05. The van der Waals surface area contributed by atoms with Crippen molar-refractivity contribution in [1.29, 1.82) is 0 Å². The maximum absolute atomic E-state index is 11.8. The summed E-state index contributed by atoms with van der Waals surface area (Å²) in [4.78, 5) is 19.7. The molecule has 6 heteroatoms. The van der Waals surface area contributed by atoms with Crippen LogP contribution in [-0.2, 0) is 0 Å². The first kappa shape index (κ1) is 12.0. The Morgan fingerprint density at radius 3 is 2.94 bits per heavy atom. The Morgan fingerprint density at radius 1 is 1.41 bits per heavy atom. The number of rotatable bonds is 2. The van der Waals surface area contributed by atoms with Crippen molar-refractivity contribution in [2.45, 2.75) is 0 Å². The van der Waals surface area contributed by atoms with Gasteiger partial charge >= 0.3 is 0 Å². The minimum atomic E-state index is -0.306. The summed E-state index contributed by atoms with van der Waals surface area (Å²) >= 11 is 9.13. The quantitative estimate of drug-likeness (QED) is 0.927. The van der Waals surface area contributed by atoms with Gasteiger partial charge in [-0.3, -0.25) is 9.78 Å². The van der Waals surface area contributed by atoms with Crippen molar-refractivity contribution in [2.24, 2.45) is 0 Å². The molecule has 0 unspecified atom stereocenters. The molecule has 1 amide bonds. The van der Waals surface area contributed by atoms with Crippen LogP contribution >= 0.6 is 27.5 Å². The van der Waals surface area contributed by atoms with Gasteiger partial charge in [0.1, 0.15) is 0 Å². The molecule has 4 nitrogen and oxygen atoms in total. The van der Waals surface area contributed by atoms with Gasteiger partial charge in [0.2, 0.25) is 0 Å². The summed E-state index contributed by atoms with van der Waals surface area (Å²) in [6.45, 7) is 0. The van der Waals surface area contributed by atoms with Crippen LogP contribution in [0.5, 0.6) is 0 Å². The van der Waals surface area contributed by atoms with E-state index in [0.29, 0.717) is 16.4 Å². The second kappa shape index (κ2) is 5.25. The first-order valence-corrected chi connectivity index (χ1v) is 5.86. The average molecular weight is 313 g/mol. The summed E-state index contributed by atoms with van der Waals surface area (Å²) in [6.07, 6.45) is 4.63. The fraction of sp³-hybridized carbons (Fsp3) is 0. The summed E-state index contributed by atoms with van der Waals surface area (Å²) in [5, 5.41) is 3.00. The van der Waals surface area contributed by atoms with Gasteiger partial charge < -0.3 is 5.32 Å². The highest BCUT2D eigenvalue weighted by Gasteiger charge is 2.09. The molecule has 0 fully saturated rings. The number of nitrogens with zero attached hydrogens (tertiary/aromatic N) is 2. The van der Waals surface area contributed by atoms with E-state index >= 15 is 0 Å². The Hall–Kier alpha value is -1.46. The summed E-state index contributed by atoms with van der Waals surface area (Å²) in [5.74, 6) is 0.0264. The number of nitrogens with one attached hydrogen (secondary N) is 1. The van der Waals surface area contributed by atoms with Crippen LogP contribution in [-0.4, -0.2) is 15.9 Å². The Labute approximate surface area is 111 Å². The van der Waals surface area contributed by atoms with Crippen LogP contribution < -0.4 is 5.32 Å². The zero-order valence-corrected chi connectivity index (χ0v) is 10.9. The minimum Gasteiger partial charge on any atom is -0.305 e. The van der Waals surface area contributed by atoms with Crippen molar-refractivity contribution >= 4 is 39.3 Å². The number of carbonyl (C=O) groups excluding carboxylic acids is 1. The molecule has 0 atom stereocenters. The summed E-state index contributed by atoms with van der Waals surface area (Å²) < 4.78 is 0.734. The second-order valence-electron chi connectivity index (χ2n) is 3.18. The van der Waals surface area contributed by atoms with Crippen molar-refractivity contribution in [3.05, 3.63) is 51.8 Å². The first-order valence-electron chi connectivity index (χ1n) is 4.69. The minimum absolute atomic E-state index is 0.306. The molecule has 0 saturated carbocycles. The fourth-order valence-electron chi connectivity index (χ4n) is 1.19. The number of hydrogen-bond donors (Lipinski definition) is 1. The molecular weight excluding hydrogens is 305 g/mol. The lowest BCUT2D eigenvalue weighted by molar-refractivity contribution is 0.102. The number of carbonyl (C=O) groups is 1. The van der Waals surface area contributed by atoms with Crippen LogP contribution in [0, 0.1) is 0 Å². The molecular formula is C11H7BrClN3O. The van der Waals surface area contributed by atoms with Crippen LogP contribution in [0.3, 0.4) is 0 Å². The molecule has 2 heterocycles. The molecule has 2 aromatic rings. The van der Waals surface area contributed by atoms with Crippen molar-refractivity contribution in [1.82, 2.24) is 9.97 Å². The number of aromatic nitrogens is 2. The number of pyridine rings is 2. The average Bonchev–Trinajstić information content (AvgIpc) is 2.32. The molecule has 0 aliphatic carbocycles. The van der Waals surface area contributed by atoms with Crippen molar-refractivity contribution in [3.8, 4) is 0 Å². The first-order chi connectivity index (χ1) is 8.16. The largest absolute Gasteiger partial charge is 0.305 e. The van der Waals surface area contributed by atoms with E-state index in [2.05, 4.69) is 31.2 Å². The Balaban J connectivity index is 2.20. The zero-order chi connectivity index (χ0) is 12.3. The monoisotopic (exact) mass is 311 g/mol. The summed E-state index contributed by atoms with van der Waals surface area (Å²) in [6, 6.07) is 5.02. The Bertz CT molecular complexity index is 562. The molecule has 2 rings (SSSR count). The van der Waals surface area contributed by atoms with Gasteiger partial charge in [0.15, 0.2) is 5.82 Å². The summed E-state index contributed by atoms with van der Waals surface area (Å²) in [7, 11) is 0. The van der Waals surface area contributed by atoms with Gasteiger partial charge in [-0.25, -0.2) is 4.98 Å². The zero-order valence-electron chi connectivity index (χ0n) is 8.52. The van der Waals surface area contributed by atoms with Gasteiger partial charge in [-0.05, 0) is 34.1 Å². The third-order valence-corrected chi connectivity index (χ3v) is 2.70. The third kappa shape index (κ3) is 3.01. The van der Waals surface area contributed by atoms with Gasteiger partial charge in [-0.1, -0.05) is 11.6 Å². The fourth-order valence-corrected chi connectivity index (χ4v) is 1.73. The molecule has 0 radical (unpaired) electrons. The number of anilines is 1. The molecule has 2 aromatic heterocycles. The highest BCUT2D eigenvalue weighted by atomic mass is 79.9. The predicted octanol–water partition coefficient (Wildman–Crippen LogP) is 3.14. The highest BCUT2D eigenvalue weighted by molar-refractivity contribution is 9.10. The van der Waals surface area contributed by atoms with E-state index < -0.39 is 0 Å². The molecule has 0 aliphatic heterocycles. The van der Waals surface area contributed by atoms with E-state index in [4.69, 9.17) is 11.6 Å². The van der Waals surface area contributed by atoms with Crippen molar-refractivity contribution in [2.75, 3.05) is 5.32 Å². The van der Waals surface area contributed by atoms with Crippen LogP contribution in [0.15, 0.2) is 41.3 Å². The van der Waals surface area contributed by atoms with Crippen molar-refractivity contribution in [3.63, 3.8) is 0 Å². The van der Waals surface area contributed by atoms with Gasteiger partial charge in [0.05, 0.1) is 10.6 Å². The molecule has 0 spiro atoms. The number of hydrogen-bond acceptors (Lipinski definition) is 3. The van der Waals surface area contributed by atoms with E-state index in [9.17, 15) is 4.79 Å². The Morgan fingerprint density at radius 2 is 2.24 bits per heavy atom. The molecule has 0 saturated heterocycles. The van der Waals surface area contributed by atoms with Gasteiger partial charge in [0.25, 0.3) is 5.91 Å². The lowest BCUT2D eigenvalue weighted by Crippen LogP contribution is -2.13. The number of amides is 1. The normalized spacial score (nSPS) is 10.0. The van der Waals surface area contributed by atoms with E-state index in [1.807, 2.05) is 0 Å². The van der Waals surface area contributed by atoms with E-state index in [1.165, 1.54) is 6.20 Å². The summed E-state index contributed by atoms with van der Waals surface area (Å²) in [5.41, 5.74) is 0.432. The second-order valence-corrected chi connectivity index (χ2v) is 4.50. The van der Waals surface area contributed by atoms with Crippen LogP contribution in [0.4, 0.5) is 5.82 Å². The SMILES string of the molecule is O=C(Nc1ncccc1Cl)c1cncc(Br)c1. The van der Waals surface area contributed by atoms with E-state index in [0.717, 1.165) is 4.47 Å². The van der Waals surface area contributed by atoms with Gasteiger partial charge in [-0.2, -0.15) is 0 Å². The maximum Gasteiger partial charge on any atom is 0.258 e. The molecule has 0 bridgehead atoms. The maximum atomic E-state index is 11.8. The standard InChI is InChI=1S/C11H7BrClN3O/c12-8-4-7(5-14-6-8)11(17)16-10-9(13)2-1-3-15-10/h1-6H,(H,15,16,17). The van der Waals surface area contributed by atoms with Crippen LogP contribution in [0.25, 0.3) is 0 Å².